The number of rotatable bonds is 7. The molecule has 0 bridgehead atoms. The average molecular weight is 251 g/mol. The summed E-state index contributed by atoms with van der Waals surface area (Å²) in [7, 11) is 0. The molecule has 0 atom stereocenters. The molecule has 0 amide bonds. The number of carboxylic acids is 1. The monoisotopic (exact) mass is 251 g/mol. The standard InChI is InChI=1S/C12H13NO5/c1-2-3-4-7-18-11-6-5-9(12(14)15)8-10(11)13(16)17/h2,5-6,8H,1,3-4,7H2,(H,14,15). The zero-order valence-electron chi connectivity index (χ0n) is 9.67. The third kappa shape index (κ3) is 3.58. The number of nitro groups is 1. The van der Waals surface area contributed by atoms with Gasteiger partial charge in [-0.15, -0.1) is 6.58 Å². The minimum atomic E-state index is -1.21. The van der Waals surface area contributed by atoms with E-state index in [2.05, 4.69) is 6.58 Å². The first-order valence-corrected chi connectivity index (χ1v) is 5.31. The van der Waals surface area contributed by atoms with Crippen LogP contribution in [-0.4, -0.2) is 22.6 Å². The van der Waals surface area contributed by atoms with Gasteiger partial charge in [0.2, 0.25) is 0 Å². The summed E-state index contributed by atoms with van der Waals surface area (Å²) in [6, 6.07) is 3.57. The number of nitrogens with zero attached hydrogens (tertiary/aromatic N) is 1. The van der Waals surface area contributed by atoms with Gasteiger partial charge >= 0.3 is 11.7 Å². The fourth-order valence-electron chi connectivity index (χ4n) is 1.32. The summed E-state index contributed by atoms with van der Waals surface area (Å²) in [5, 5.41) is 19.6. The highest BCUT2D eigenvalue weighted by molar-refractivity contribution is 5.88. The Labute approximate surface area is 104 Å². The van der Waals surface area contributed by atoms with E-state index in [0.29, 0.717) is 13.0 Å². The predicted molar refractivity (Wildman–Crippen MR) is 65.0 cm³/mol. The van der Waals surface area contributed by atoms with Crippen molar-refractivity contribution in [2.45, 2.75) is 12.8 Å². The van der Waals surface area contributed by atoms with Crippen molar-refractivity contribution in [1.82, 2.24) is 0 Å². The van der Waals surface area contributed by atoms with Crippen molar-refractivity contribution < 1.29 is 19.6 Å². The highest BCUT2D eigenvalue weighted by Crippen LogP contribution is 2.28. The third-order valence-electron chi connectivity index (χ3n) is 2.21. The first-order valence-electron chi connectivity index (χ1n) is 5.31. The molecule has 0 aromatic heterocycles. The first-order chi connectivity index (χ1) is 8.56. The van der Waals surface area contributed by atoms with Crippen molar-refractivity contribution in [3.8, 4) is 5.75 Å². The van der Waals surface area contributed by atoms with E-state index < -0.39 is 10.9 Å². The number of nitro benzene ring substituents is 1. The molecule has 0 aliphatic carbocycles. The van der Waals surface area contributed by atoms with Gasteiger partial charge < -0.3 is 9.84 Å². The zero-order chi connectivity index (χ0) is 13.5. The molecule has 1 aromatic rings. The Hall–Kier alpha value is -2.37. The molecule has 0 fully saturated rings. The van der Waals surface area contributed by atoms with E-state index in [-0.39, 0.29) is 17.0 Å². The van der Waals surface area contributed by atoms with Crippen LogP contribution in [-0.2, 0) is 0 Å². The SMILES string of the molecule is C=CCCCOc1ccc(C(=O)O)cc1[N+](=O)[O-]. The van der Waals surface area contributed by atoms with Crippen molar-refractivity contribution in [2.75, 3.05) is 6.61 Å². The second kappa shape index (κ2) is 6.39. The molecule has 0 unspecified atom stereocenters. The summed E-state index contributed by atoms with van der Waals surface area (Å²) < 4.78 is 5.25. The number of carboxylic acid groups (broad SMARTS) is 1. The van der Waals surface area contributed by atoms with Crippen LogP contribution >= 0.6 is 0 Å². The number of hydrogen-bond acceptors (Lipinski definition) is 4. The second-order valence-electron chi connectivity index (χ2n) is 3.52. The number of allylic oxidation sites excluding steroid dienone is 1. The fraction of sp³-hybridized carbons (Fsp3) is 0.250. The lowest BCUT2D eigenvalue weighted by Gasteiger charge is -2.06. The van der Waals surface area contributed by atoms with Crippen LogP contribution in [0.4, 0.5) is 5.69 Å². The molecule has 6 nitrogen and oxygen atoms in total. The molecule has 0 radical (unpaired) electrons. The van der Waals surface area contributed by atoms with Crippen LogP contribution in [0.2, 0.25) is 0 Å². The molecule has 0 aliphatic rings. The molecule has 0 saturated carbocycles. The molecule has 18 heavy (non-hydrogen) atoms. The molecule has 0 saturated heterocycles. The van der Waals surface area contributed by atoms with Gasteiger partial charge in [0.05, 0.1) is 17.1 Å². The molecule has 0 spiro atoms. The lowest BCUT2D eigenvalue weighted by Crippen LogP contribution is -2.03. The summed E-state index contributed by atoms with van der Waals surface area (Å²) >= 11 is 0. The van der Waals surface area contributed by atoms with Gasteiger partial charge in [-0.2, -0.15) is 0 Å². The van der Waals surface area contributed by atoms with Gasteiger partial charge in [-0.1, -0.05) is 6.08 Å². The van der Waals surface area contributed by atoms with Gasteiger partial charge in [-0.3, -0.25) is 10.1 Å². The lowest BCUT2D eigenvalue weighted by atomic mass is 10.2. The lowest BCUT2D eigenvalue weighted by molar-refractivity contribution is -0.385. The molecular weight excluding hydrogens is 238 g/mol. The largest absolute Gasteiger partial charge is 0.487 e. The third-order valence-corrected chi connectivity index (χ3v) is 2.21. The average Bonchev–Trinajstić information content (AvgIpc) is 2.34. The van der Waals surface area contributed by atoms with E-state index in [4.69, 9.17) is 9.84 Å². The zero-order valence-corrected chi connectivity index (χ0v) is 9.67. The van der Waals surface area contributed by atoms with Crippen LogP contribution in [0.15, 0.2) is 30.9 Å². The summed E-state index contributed by atoms with van der Waals surface area (Å²) in [4.78, 5) is 20.9. The van der Waals surface area contributed by atoms with Crippen LogP contribution in [0.25, 0.3) is 0 Å². The van der Waals surface area contributed by atoms with Crippen molar-refractivity contribution >= 4 is 11.7 Å². The molecule has 1 rings (SSSR count). The van der Waals surface area contributed by atoms with Crippen molar-refractivity contribution in [3.63, 3.8) is 0 Å². The van der Waals surface area contributed by atoms with Gasteiger partial charge in [0.25, 0.3) is 0 Å². The summed E-state index contributed by atoms with van der Waals surface area (Å²) in [5.41, 5.74) is -0.478. The summed E-state index contributed by atoms with van der Waals surface area (Å²) in [6.45, 7) is 3.87. The van der Waals surface area contributed by atoms with Crippen molar-refractivity contribution in [1.29, 1.82) is 0 Å². The van der Waals surface area contributed by atoms with Crippen molar-refractivity contribution in [2.24, 2.45) is 0 Å². The smallest absolute Gasteiger partial charge is 0.335 e. The van der Waals surface area contributed by atoms with Gasteiger partial charge in [0.1, 0.15) is 0 Å². The Morgan fingerprint density at radius 2 is 2.28 bits per heavy atom. The van der Waals surface area contributed by atoms with E-state index >= 15 is 0 Å². The Morgan fingerprint density at radius 3 is 2.83 bits per heavy atom. The number of benzene rings is 1. The van der Waals surface area contributed by atoms with E-state index in [1.807, 2.05) is 0 Å². The maximum atomic E-state index is 10.8. The number of hydrogen-bond donors (Lipinski definition) is 1. The quantitative estimate of drug-likeness (QED) is 0.348. The topological polar surface area (TPSA) is 89.7 Å². The second-order valence-corrected chi connectivity index (χ2v) is 3.52. The Balaban J connectivity index is 2.86. The van der Waals surface area contributed by atoms with Crippen LogP contribution < -0.4 is 4.74 Å². The highest BCUT2D eigenvalue weighted by atomic mass is 16.6. The normalized spacial score (nSPS) is 9.78. The number of unbranched alkanes of at least 4 members (excludes halogenated alkanes) is 1. The summed E-state index contributed by atoms with van der Waals surface area (Å²) in [6.07, 6.45) is 3.17. The van der Waals surface area contributed by atoms with Gasteiger partial charge in [-0.05, 0) is 25.0 Å². The van der Waals surface area contributed by atoms with E-state index in [1.54, 1.807) is 6.08 Å². The molecule has 96 valence electrons. The number of carbonyl (C=O) groups is 1. The number of ether oxygens (including phenoxy) is 1. The molecule has 1 aromatic carbocycles. The predicted octanol–water partition coefficient (Wildman–Crippen LogP) is 2.64. The van der Waals surface area contributed by atoms with Crippen LogP contribution in [0.5, 0.6) is 5.75 Å². The molecular formula is C12H13NO5. The Bertz CT molecular complexity index is 470. The fourth-order valence-corrected chi connectivity index (χ4v) is 1.32. The van der Waals surface area contributed by atoms with E-state index in [9.17, 15) is 14.9 Å². The first kappa shape index (κ1) is 13.7. The number of aromatic carboxylic acids is 1. The van der Waals surface area contributed by atoms with Crippen LogP contribution in [0.3, 0.4) is 0 Å². The Kier molecular flexibility index (Phi) is 4.86. The minimum absolute atomic E-state index is 0.0778. The molecule has 6 heteroatoms. The maximum Gasteiger partial charge on any atom is 0.335 e. The minimum Gasteiger partial charge on any atom is -0.487 e. The van der Waals surface area contributed by atoms with Gasteiger partial charge in [-0.25, -0.2) is 4.79 Å². The Morgan fingerprint density at radius 1 is 1.56 bits per heavy atom. The maximum absolute atomic E-state index is 10.8. The van der Waals surface area contributed by atoms with Gasteiger partial charge in [0, 0.05) is 6.07 Å². The molecule has 1 N–H and O–H groups in total. The molecule has 0 aliphatic heterocycles. The summed E-state index contributed by atoms with van der Waals surface area (Å²) in [5.74, 6) is -1.13. The van der Waals surface area contributed by atoms with E-state index in [1.165, 1.54) is 12.1 Å². The van der Waals surface area contributed by atoms with Crippen molar-refractivity contribution in [3.05, 3.63) is 46.5 Å². The van der Waals surface area contributed by atoms with Gasteiger partial charge in [0.15, 0.2) is 5.75 Å². The highest BCUT2D eigenvalue weighted by Gasteiger charge is 2.18. The van der Waals surface area contributed by atoms with E-state index in [0.717, 1.165) is 12.5 Å². The van der Waals surface area contributed by atoms with Crippen LogP contribution in [0, 0.1) is 10.1 Å². The van der Waals surface area contributed by atoms with Crippen LogP contribution in [0.1, 0.15) is 23.2 Å². The molecule has 0 heterocycles.